The molecule has 0 spiro atoms. The van der Waals surface area contributed by atoms with Crippen LogP contribution in [0.3, 0.4) is 0 Å². The van der Waals surface area contributed by atoms with Gasteiger partial charge in [-0.1, -0.05) is 27.7 Å². The minimum Gasteiger partial charge on any atom is -0.497 e. The number of cyclic esters (lactones) is 1. The molecule has 1 saturated heterocycles. The number of ether oxygens (including phenoxy) is 5. The summed E-state index contributed by atoms with van der Waals surface area (Å²) in [6.07, 6.45) is 0.759. The van der Waals surface area contributed by atoms with Crippen molar-refractivity contribution >= 4 is 23.7 Å². The fraction of sp³-hybridized carbons (Fsp3) is 0.710. The lowest BCUT2D eigenvalue weighted by molar-refractivity contribution is -0.146. The molecule has 0 radical (unpaired) electrons. The largest absolute Gasteiger partial charge is 0.497 e. The molecular formula is C31H50N2O8. The number of hydrogen-bond acceptors (Lipinski definition) is 8. The van der Waals surface area contributed by atoms with Crippen molar-refractivity contribution in [3.8, 4) is 11.5 Å². The van der Waals surface area contributed by atoms with Gasteiger partial charge in [0.2, 0.25) is 5.91 Å². The molecule has 1 aliphatic heterocycles. The summed E-state index contributed by atoms with van der Waals surface area (Å²) in [7, 11) is 3.20. The highest BCUT2D eigenvalue weighted by Crippen LogP contribution is 2.34. The number of carbonyl (C=O) groups excluding carboxylic acids is 3. The molecule has 1 aliphatic rings. The van der Waals surface area contributed by atoms with Gasteiger partial charge in [-0.05, 0) is 63.5 Å². The van der Waals surface area contributed by atoms with E-state index in [0.29, 0.717) is 49.7 Å². The number of benzene rings is 1. The molecule has 1 aromatic carbocycles. The fourth-order valence-corrected chi connectivity index (χ4v) is 4.79. The van der Waals surface area contributed by atoms with Gasteiger partial charge in [0.1, 0.15) is 23.2 Å². The second kappa shape index (κ2) is 15.8. The van der Waals surface area contributed by atoms with Crippen molar-refractivity contribution in [3.05, 3.63) is 18.2 Å². The number of carbonyl (C=O) groups is 3. The Morgan fingerprint density at radius 2 is 1.80 bits per heavy atom. The van der Waals surface area contributed by atoms with Gasteiger partial charge in [0, 0.05) is 32.6 Å². The Balaban J connectivity index is 2.20. The highest BCUT2D eigenvalue weighted by atomic mass is 16.6. The average molecular weight is 579 g/mol. The van der Waals surface area contributed by atoms with E-state index in [9.17, 15) is 14.4 Å². The molecule has 1 heterocycles. The first-order valence-corrected chi connectivity index (χ1v) is 14.5. The summed E-state index contributed by atoms with van der Waals surface area (Å²) in [5.74, 6) is 0.552. The molecule has 232 valence electrons. The van der Waals surface area contributed by atoms with Crippen molar-refractivity contribution in [1.29, 1.82) is 0 Å². The maximum Gasteiger partial charge on any atom is 0.408 e. The molecule has 0 aliphatic carbocycles. The normalized spacial score (nSPS) is 18.6. The Hall–Kier alpha value is -3.01. The molecule has 0 bridgehead atoms. The van der Waals surface area contributed by atoms with Crippen molar-refractivity contribution in [3.63, 3.8) is 0 Å². The Labute approximate surface area is 245 Å². The van der Waals surface area contributed by atoms with Crippen molar-refractivity contribution in [2.24, 2.45) is 23.7 Å². The van der Waals surface area contributed by atoms with E-state index in [2.05, 4.69) is 10.6 Å². The van der Waals surface area contributed by atoms with Crippen LogP contribution in [0, 0.1) is 23.7 Å². The monoisotopic (exact) mass is 578 g/mol. The predicted molar refractivity (Wildman–Crippen MR) is 157 cm³/mol. The molecule has 2 amide bonds. The van der Waals surface area contributed by atoms with Crippen LogP contribution in [-0.2, 0) is 23.8 Å². The molecule has 0 unspecified atom stereocenters. The van der Waals surface area contributed by atoms with E-state index in [1.165, 1.54) is 0 Å². The van der Waals surface area contributed by atoms with E-state index in [-0.39, 0.29) is 42.0 Å². The van der Waals surface area contributed by atoms with Gasteiger partial charge in [0.15, 0.2) is 0 Å². The average Bonchev–Trinajstić information content (AvgIpc) is 3.27. The van der Waals surface area contributed by atoms with Gasteiger partial charge in [-0.15, -0.1) is 0 Å². The molecule has 2 rings (SSSR count). The van der Waals surface area contributed by atoms with Gasteiger partial charge < -0.3 is 34.3 Å². The van der Waals surface area contributed by atoms with Crippen LogP contribution in [-0.4, -0.2) is 63.1 Å². The first-order chi connectivity index (χ1) is 19.2. The lowest BCUT2D eigenvalue weighted by atomic mass is 9.83. The lowest BCUT2D eigenvalue weighted by Crippen LogP contribution is -2.47. The molecule has 10 heteroatoms. The summed E-state index contributed by atoms with van der Waals surface area (Å²) >= 11 is 0. The molecular weight excluding hydrogens is 528 g/mol. The van der Waals surface area contributed by atoms with Crippen molar-refractivity contribution in [2.45, 2.75) is 91.9 Å². The molecule has 4 atom stereocenters. The van der Waals surface area contributed by atoms with Gasteiger partial charge in [-0.3, -0.25) is 9.59 Å². The number of esters is 1. The Morgan fingerprint density at radius 1 is 1.10 bits per heavy atom. The predicted octanol–water partition coefficient (Wildman–Crippen LogP) is 5.58. The summed E-state index contributed by atoms with van der Waals surface area (Å²) in [5, 5.41) is 5.93. The molecule has 10 nitrogen and oxygen atoms in total. The summed E-state index contributed by atoms with van der Waals surface area (Å²) in [4.78, 5) is 38.7. The summed E-state index contributed by atoms with van der Waals surface area (Å²) in [6.45, 7) is 14.4. The van der Waals surface area contributed by atoms with E-state index in [1.807, 2.05) is 27.7 Å². The van der Waals surface area contributed by atoms with Crippen LogP contribution in [0.1, 0.15) is 74.1 Å². The first-order valence-electron chi connectivity index (χ1n) is 14.5. The quantitative estimate of drug-likeness (QED) is 0.204. The number of amides is 2. The number of anilines is 1. The number of methoxy groups -OCH3 is 2. The molecule has 0 aromatic heterocycles. The standard InChI is InChI=1S/C31H50N2O8/c1-19(2)21(16-28(34)32-25-17-22(38-9)11-12-26(25)39-14-10-13-37-8)15-24(33-30(36)41-31(5,6)7)27-18-23(20(3)4)29(35)40-27/h11-12,17,19-21,23-24,27H,10,13-16,18H2,1-9H3,(H,32,34)(H,33,36)/t21-,23+,24+,27+/m1/s1. The van der Waals surface area contributed by atoms with Crippen LogP contribution in [0.5, 0.6) is 11.5 Å². The SMILES string of the molecule is COCCCOc1ccc(OC)cc1NC(=O)C[C@@H](C[C@H](NC(=O)OC(C)(C)C)[C@@H]1C[C@@H](C(C)C)C(=O)O1)C(C)C. The van der Waals surface area contributed by atoms with Gasteiger partial charge in [0.05, 0.1) is 31.4 Å². The van der Waals surface area contributed by atoms with Crippen molar-refractivity contribution in [1.82, 2.24) is 5.32 Å². The maximum absolute atomic E-state index is 13.3. The lowest BCUT2D eigenvalue weighted by Gasteiger charge is -2.31. The van der Waals surface area contributed by atoms with Crippen LogP contribution in [0.25, 0.3) is 0 Å². The van der Waals surface area contributed by atoms with Crippen LogP contribution >= 0.6 is 0 Å². The van der Waals surface area contributed by atoms with Gasteiger partial charge >= 0.3 is 12.1 Å². The zero-order valence-corrected chi connectivity index (χ0v) is 26.2. The minimum absolute atomic E-state index is 0.108. The van der Waals surface area contributed by atoms with E-state index in [1.54, 1.807) is 53.2 Å². The molecule has 1 aromatic rings. The van der Waals surface area contributed by atoms with Gasteiger partial charge in [0.25, 0.3) is 0 Å². The molecule has 41 heavy (non-hydrogen) atoms. The maximum atomic E-state index is 13.3. The Morgan fingerprint density at radius 3 is 2.37 bits per heavy atom. The first kappa shape index (κ1) is 34.2. The number of alkyl carbamates (subject to hydrolysis) is 1. The van der Waals surface area contributed by atoms with Gasteiger partial charge in [-0.2, -0.15) is 0 Å². The minimum atomic E-state index is -0.682. The topological polar surface area (TPSA) is 121 Å². The third kappa shape index (κ3) is 11.4. The van der Waals surface area contributed by atoms with Crippen molar-refractivity contribution < 1.29 is 38.1 Å². The molecule has 2 N–H and O–H groups in total. The fourth-order valence-electron chi connectivity index (χ4n) is 4.79. The van der Waals surface area contributed by atoms with Crippen LogP contribution in [0.4, 0.5) is 10.5 Å². The summed E-state index contributed by atoms with van der Waals surface area (Å²) in [6, 6.07) is 4.76. The second-order valence-corrected chi connectivity index (χ2v) is 12.4. The number of rotatable bonds is 15. The Bertz CT molecular complexity index is 1000. The highest BCUT2D eigenvalue weighted by Gasteiger charge is 2.42. The summed E-state index contributed by atoms with van der Waals surface area (Å²) < 4.78 is 27.6. The number of nitrogens with one attached hydrogen (secondary N) is 2. The van der Waals surface area contributed by atoms with E-state index in [4.69, 9.17) is 23.7 Å². The van der Waals surface area contributed by atoms with Crippen LogP contribution in [0.15, 0.2) is 18.2 Å². The molecule has 1 fully saturated rings. The van der Waals surface area contributed by atoms with Gasteiger partial charge in [-0.25, -0.2) is 4.79 Å². The zero-order valence-electron chi connectivity index (χ0n) is 26.2. The van der Waals surface area contributed by atoms with Crippen molar-refractivity contribution in [2.75, 3.05) is 32.8 Å². The van der Waals surface area contributed by atoms with E-state index in [0.717, 1.165) is 0 Å². The van der Waals surface area contributed by atoms with Crippen LogP contribution < -0.4 is 20.1 Å². The highest BCUT2D eigenvalue weighted by molar-refractivity contribution is 5.92. The summed E-state index contributed by atoms with van der Waals surface area (Å²) in [5.41, 5.74) is -0.166. The number of hydrogen-bond donors (Lipinski definition) is 2. The third-order valence-electron chi connectivity index (χ3n) is 7.17. The van der Waals surface area contributed by atoms with E-state index < -0.39 is 23.8 Å². The third-order valence-corrected chi connectivity index (χ3v) is 7.17. The Kier molecular flexibility index (Phi) is 13.2. The molecule has 0 saturated carbocycles. The zero-order chi connectivity index (χ0) is 30.7. The van der Waals surface area contributed by atoms with Crippen LogP contribution in [0.2, 0.25) is 0 Å². The second-order valence-electron chi connectivity index (χ2n) is 12.4. The van der Waals surface area contributed by atoms with E-state index >= 15 is 0 Å². The smallest absolute Gasteiger partial charge is 0.408 e.